The first-order chi connectivity index (χ1) is 9.15. The van der Waals surface area contributed by atoms with E-state index in [1.807, 2.05) is 36.3 Å². The van der Waals surface area contributed by atoms with Gasteiger partial charge in [0.1, 0.15) is 0 Å². The molecule has 0 bridgehead atoms. The molecule has 1 saturated carbocycles. The quantitative estimate of drug-likeness (QED) is 0.897. The number of para-hydroxylation sites is 1. The van der Waals surface area contributed by atoms with Gasteiger partial charge in [0.2, 0.25) is 5.91 Å². The molecule has 1 heterocycles. The minimum atomic E-state index is 0.212. The summed E-state index contributed by atoms with van der Waals surface area (Å²) in [6.07, 6.45) is 3.71. The number of aromatic nitrogens is 1. The van der Waals surface area contributed by atoms with Crippen LogP contribution in [0.4, 0.5) is 0 Å². The summed E-state index contributed by atoms with van der Waals surface area (Å²) in [4.78, 5) is 17.3. The summed E-state index contributed by atoms with van der Waals surface area (Å²) >= 11 is 0. The highest BCUT2D eigenvalue weighted by Crippen LogP contribution is 2.38. The number of aromatic amines is 1. The van der Waals surface area contributed by atoms with Crippen LogP contribution >= 0.6 is 0 Å². The Kier molecular flexibility index (Phi) is 3.05. The van der Waals surface area contributed by atoms with E-state index in [4.69, 9.17) is 0 Å². The predicted octanol–water partition coefficient (Wildman–Crippen LogP) is 2.82. The van der Waals surface area contributed by atoms with Crippen LogP contribution in [0.2, 0.25) is 0 Å². The Morgan fingerprint density at radius 2 is 2.16 bits per heavy atom. The highest BCUT2D eigenvalue weighted by atomic mass is 16.2. The second kappa shape index (κ2) is 4.72. The van der Waals surface area contributed by atoms with Crippen LogP contribution in [-0.2, 0) is 11.2 Å². The number of carbonyl (C=O) groups excluding carboxylic acids is 1. The van der Waals surface area contributed by atoms with Gasteiger partial charge in [-0.25, -0.2) is 0 Å². The number of H-pyrrole nitrogens is 1. The van der Waals surface area contributed by atoms with Crippen molar-refractivity contribution in [2.75, 3.05) is 13.6 Å². The molecular weight excluding hydrogens is 236 g/mol. The summed E-state index contributed by atoms with van der Waals surface area (Å²) in [5.41, 5.74) is 2.19. The number of carbonyl (C=O) groups is 1. The van der Waals surface area contributed by atoms with E-state index < -0.39 is 0 Å². The molecule has 19 heavy (non-hydrogen) atoms. The van der Waals surface area contributed by atoms with Crippen LogP contribution in [0.3, 0.4) is 0 Å². The van der Waals surface area contributed by atoms with Crippen LogP contribution in [0.5, 0.6) is 0 Å². The summed E-state index contributed by atoms with van der Waals surface area (Å²) < 4.78 is 0. The first kappa shape index (κ1) is 12.3. The lowest BCUT2D eigenvalue weighted by molar-refractivity contribution is -0.129. The fourth-order valence-electron chi connectivity index (χ4n) is 2.68. The second-order valence-electron chi connectivity index (χ2n) is 5.78. The average molecular weight is 256 g/mol. The molecule has 2 atom stereocenters. The largest absolute Gasteiger partial charge is 0.361 e. The van der Waals surface area contributed by atoms with Gasteiger partial charge in [-0.1, -0.05) is 25.1 Å². The number of hydrogen-bond donors (Lipinski definition) is 1. The Morgan fingerprint density at radius 1 is 1.42 bits per heavy atom. The number of rotatable bonds is 4. The number of benzene rings is 1. The number of nitrogens with zero attached hydrogens (tertiary/aromatic N) is 1. The molecule has 2 aromatic rings. The lowest BCUT2D eigenvalue weighted by atomic mass is 10.1. The van der Waals surface area contributed by atoms with Crippen molar-refractivity contribution in [1.82, 2.24) is 9.88 Å². The number of nitrogens with one attached hydrogen (secondary N) is 1. The third-order valence-corrected chi connectivity index (χ3v) is 4.23. The molecule has 3 heteroatoms. The molecule has 2 unspecified atom stereocenters. The molecule has 1 amide bonds. The third-order valence-electron chi connectivity index (χ3n) is 4.23. The van der Waals surface area contributed by atoms with Crippen LogP contribution in [0.1, 0.15) is 18.9 Å². The molecule has 0 aliphatic heterocycles. The molecule has 100 valence electrons. The van der Waals surface area contributed by atoms with Crippen molar-refractivity contribution in [2.45, 2.75) is 19.8 Å². The fraction of sp³-hybridized carbons (Fsp3) is 0.438. The number of fused-ring (bicyclic) bond motifs is 1. The van der Waals surface area contributed by atoms with Gasteiger partial charge in [-0.3, -0.25) is 4.79 Å². The highest BCUT2D eigenvalue weighted by molar-refractivity contribution is 5.88. The van der Waals surface area contributed by atoms with E-state index in [1.165, 1.54) is 6.42 Å². The summed E-state index contributed by atoms with van der Waals surface area (Å²) in [6, 6.07) is 8.13. The molecular formula is C16H20N2O. The van der Waals surface area contributed by atoms with Crippen molar-refractivity contribution >= 4 is 16.8 Å². The van der Waals surface area contributed by atoms with Gasteiger partial charge in [-0.05, 0) is 29.9 Å². The van der Waals surface area contributed by atoms with E-state index in [-0.39, 0.29) is 5.91 Å². The van der Waals surface area contributed by atoms with Gasteiger partial charge >= 0.3 is 0 Å². The van der Waals surface area contributed by atoms with E-state index >= 15 is 0 Å². The fourth-order valence-corrected chi connectivity index (χ4v) is 2.68. The molecule has 1 aliphatic carbocycles. The van der Waals surface area contributed by atoms with Gasteiger partial charge in [0.15, 0.2) is 0 Å². The van der Waals surface area contributed by atoms with Crippen LogP contribution in [-0.4, -0.2) is 29.4 Å². The first-order valence-electron chi connectivity index (χ1n) is 6.94. The maximum atomic E-state index is 12.2. The van der Waals surface area contributed by atoms with Crippen molar-refractivity contribution in [3.05, 3.63) is 36.0 Å². The Morgan fingerprint density at radius 3 is 2.89 bits per heavy atom. The zero-order valence-electron chi connectivity index (χ0n) is 11.5. The van der Waals surface area contributed by atoms with E-state index in [0.717, 1.165) is 34.8 Å². The van der Waals surface area contributed by atoms with Gasteiger partial charge in [0.25, 0.3) is 0 Å². The summed E-state index contributed by atoms with van der Waals surface area (Å²) in [5, 5.41) is 1.16. The molecule has 1 N–H and O–H groups in total. The minimum Gasteiger partial charge on any atom is -0.361 e. The van der Waals surface area contributed by atoms with Crippen LogP contribution in [0.15, 0.2) is 30.5 Å². The SMILES string of the molecule is CC1CC1CN(C)C(=O)Cc1c[nH]c2ccccc12. The van der Waals surface area contributed by atoms with Crippen LogP contribution < -0.4 is 0 Å². The summed E-state index contributed by atoms with van der Waals surface area (Å²) in [7, 11) is 1.92. The second-order valence-corrected chi connectivity index (χ2v) is 5.78. The van der Waals surface area contributed by atoms with Crippen molar-refractivity contribution in [3.63, 3.8) is 0 Å². The Hall–Kier alpha value is -1.77. The van der Waals surface area contributed by atoms with Crippen molar-refractivity contribution < 1.29 is 4.79 Å². The molecule has 1 aromatic heterocycles. The van der Waals surface area contributed by atoms with Gasteiger partial charge in [-0.15, -0.1) is 0 Å². The molecule has 0 spiro atoms. The van der Waals surface area contributed by atoms with E-state index in [2.05, 4.69) is 18.0 Å². The van der Waals surface area contributed by atoms with Crippen molar-refractivity contribution in [2.24, 2.45) is 11.8 Å². The zero-order chi connectivity index (χ0) is 13.4. The Labute approximate surface area is 113 Å². The summed E-state index contributed by atoms with van der Waals surface area (Å²) in [6.45, 7) is 3.16. The number of amides is 1. The smallest absolute Gasteiger partial charge is 0.226 e. The number of likely N-dealkylation sites (N-methyl/N-ethyl adjacent to an activating group) is 1. The third kappa shape index (κ3) is 2.50. The van der Waals surface area contributed by atoms with Gasteiger partial charge < -0.3 is 9.88 Å². The van der Waals surface area contributed by atoms with Gasteiger partial charge in [0, 0.05) is 30.7 Å². The Balaban J connectivity index is 1.68. The molecule has 3 nitrogen and oxygen atoms in total. The lowest BCUT2D eigenvalue weighted by Crippen LogP contribution is -2.30. The molecule has 0 saturated heterocycles. The molecule has 1 aliphatic rings. The Bertz CT molecular complexity index is 602. The average Bonchev–Trinajstić information content (AvgIpc) is 2.95. The minimum absolute atomic E-state index is 0.212. The van der Waals surface area contributed by atoms with Gasteiger partial charge in [-0.2, -0.15) is 0 Å². The number of hydrogen-bond acceptors (Lipinski definition) is 1. The van der Waals surface area contributed by atoms with Crippen LogP contribution in [0.25, 0.3) is 10.9 Å². The molecule has 1 fully saturated rings. The first-order valence-corrected chi connectivity index (χ1v) is 6.94. The van der Waals surface area contributed by atoms with E-state index in [1.54, 1.807) is 0 Å². The van der Waals surface area contributed by atoms with E-state index in [9.17, 15) is 4.79 Å². The molecule has 3 rings (SSSR count). The van der Waals surface area contributed by atoms with Crippen LogP contribution in [0, 0.1) is 11.8 Å². The van der Waals surface area contributed by atoms with Gasteiger partial charge in [0.05, 0.1) is 6.42 Å². The maximum absolute atomic E-state index is 12.2. The maximum Gasteiger partial charge on any atom is 0.226 e. The normalized spacial score (nSPS) is 21.6. The lowest BCUT2D eigenvalue weighted by Gasteiger charge is -2.16. The standard InChI is InChI=1S/C16H20N2O/c1-11-7-13(11)10-18(2)16(19)8-12-9-17-15-6-4-3-5-14(12)15/h3-6,9,11,13,17H,7-8,10H2,1-2H3. The van der Waals surface area contributed by atoms with Crippen molar-refractivity contribution in [3.8, 4) is 0 Å². The summed E-state index contributed by atoms with van der Waals surface area (Å²) in [5.74, 6) is 1.73. The zero-order valence-corrected chi connectivity index (χ0v) is 11.5. The molecule has 0 radical (unpaired) electrons. The highest BCUT2D eigenvalue weighted by Gasteiger charge is 2.34. The predicted molar refractivity (Wildman–Crippen MR) is 76.9 cm³/mol. The van der Waals surface area contributed by atoms with Crippen molar-refractivity contribution in [1.29, 1.82) is 0 Å². The molecule has 1 aromatic carbocycles. The topological polar surface area (TPSA) is 36.1 Å². The van der Waals surface area contributed by atoms with E-state index in [0.29, 0.717) is 6.42 Å². The monoisotopic (exact) mass is 256 g/mol.